The van der Waals surface area contributed by atoms with E-state index in [1.54, 1.807) is 0 Å². The summed E-state index contributed by atoms with van der Waals surface area (Å²) in [5, 5.41) is 0. The van der Waals surface area contributed by atoms with Crippen LogP contribution in [0.2, 0.25) is 0 Å². The van der Waals surface area contributed by atoms with Crippen molar-refractivity contribution in [1.29, 1.82) is 0 Å². The molecule has 0 amide bonds. The average molecular weight is 128 g/mol. The van der Waals surface area contributed by atoms with Gasteiger partial charge in [-0.15, -0.1) is 9.98 Å². The van der Waals surface area contributed by atoms with E-state index in [-0.39, 0.29) is 0 Å². The largest absolute Gasteiger partial charge is 0.340 e. The number of isocyanates is 2. The molecule has 0 N–H and O–H groups in total. The molecule has 48 valence electrons. The van der Waals surface area contributed by atoms with E-state index >= 15 is 0 Å². The SMILES string of the molecule is COC(N=C=O)N=C=O. The summed E-state index contributed by atoms with van der Waals surface area (Å²) in [4.78, 5) is 24.9. The maximum atomic E-state index is 9.49. The summed E-state index contributed by atoms with van der Waals surface area (Å²) in [6.45, 7) is 0. The van der Waals surface area contributed by atoms with Gasteiger partial charge in [-0.25, -0.2) is 9.59 Å². The summed E-state index contributed by atoms with van der Waals surface area (Å²) in [7, 11) is 1.26. The minimum Gasteiger partial charge on any atom is -0.340 e. The van der Waals surface area contributed by atoms with Crippen LogP contribution in [-0.2, 0) is 14.3 Å². The van der Waals surface area contributed by atoms with Crippen LogP contribution >= 0.6 is 0 Å². The van der Waals surface area contributed by atoms with Gasteiger partial charge >= 0.3 is 0 Å². The molecule has 0 saturated carbocycles. The van der Waals surface area contributed by atoms with Crippen molar-refractivity contribution in [3.05, 3.63) is 0 Å². The molecule has 0 aliphatic heterocycles. The van der Waals surface area contributed by atoms with E-state index < -0.39 is 6.35 Å². The molecule has 0 fully saturated rings. The number of nitrogens with zero attached hydrogens (tertiary/aromatic N) is 2. The summed E-state index contributed by atoms with van der Waals surface area (Å²) in [6.07, 6.45) is 1.28. The maximum Gasteiger partial charge on any atom is 0.267 e. The molecule has 0 atom stereocenters. The van der Waals surface area contributed by atoms with E-state index in [4.69, 9.17) is 0 Å². The third-order valence-electron chi connectivity index (χ3n) is 0.537. The Morgan fingerprint density at radius 2 is 1.78 bits per heavy atom. The third kappa shape index (κ3) is 3.32. The van der Waals surface area contributed by atoms with Crippen LogP contribution in [0.1, 0.15) is 0 Å². The normalized spacial score (nSPS) is 10.8. The van der Waals surface area contributed by atoms with Crippen molar-refractivity contribution in [2.75, 3.05) is 7.11 Å². The Morgan fingerprint density at radius 1 is 1.33 bits per heavy atom. The highest BCUT2D eigenvalue weighted by atomic mass is 16.5. The smallest absolute Gasteiger partial charge is 0.267 e. The number of methoxy groups -OCH3 is 1. The molecule has 0 bridgehead atoms. The lowest BCUT2D eigenvalue weighted by Crippen LogP contribution is -2.01. The van der Waals surface area contributed by atoms with Gasteiger partial charge < -0.3 is 4.74 Å². The lowest BCUT2D eigenvalue weighted by molar-refractivity contribution is 0.118. The molecule has 0 saturated heterocycles. The topological polar surface area (TPSA) is 68.1 Å². The van der Waals surface area contributed by atoms with Gasteiger partial charge in [0, 0.05) is 7.11 Å². The first kappa shape index (κ1) is 7.72. The van der Waals surface area contributed by atoms with Crippen molar-refractivity contribution in [1.82, 2.24) is 0 Å². The van der Waals surface area contributed by atoms with Gasteiger partial charge in [-0.3, -0.25) is 0 Å². The van der Waals surface area contributed by atoms with Crippen molar-refractivity contribution in [3.63, 3.8) is 0 Å². The Bertz CT molecular complexity index is 149. The summed E-state index contributed by atoms with van der Waals surface area (Å²) in [5.74, 6) is 0. The molecule has 0 heterocycles. The lowest BCUT2D eigenvalue weighted by atomic mass is 11.0. The van der Waals surface area contributed by atoms with Crippen molar-refractivity contribution in [2.24, 2.45) is 9.98 Å². The molecule has 5 heteroatoms. The second-order valence-electron chi connectivity index (χ2n) is 1.00. The molecule has 0 rings (SSSR count). The Morgan fingerprint density at radius 3 is 2.00 bits per heavy atom. The molecule has 0 aliphatic carbocycles. The molecule has 0 spiro atoms. The second-order valence-corrected chi connectivity index (χ2v) is 1.00. The third-order valence-corrected chi connectivity index (χ3v) is 0.537. The molecule has 0 aromatic carbocycles. The lowest BCUT2D eigenvalue weighted by Gasteiger charge is -1.94. The molecule has 0 aliphatic rings. The Hall–Kier alpha value is -1.28. The molecule has 0 aromatic heterocycles. The van der Waals surface area contributed by atoms with Crippen LogP contribution in [0.3, 0.4) is 0 Å². The first-order valence-electron chi connectivity index (χ1n) is 2.02. The van der Waals surface area contributed by atoms with Crippen LogP contribution in [0.4, 0.5) is 0 Å². The van der Waals surface area contributed by atoms with Gasteiger partial charge in [0.2, 0.25) is 12.2 Å². The van der Waals surface area contributed by atoms with Gasteiger partial charge in [-0.05, 0) is 0 Å². The summed E-state index contributed by atoms with van der Waals surface area (Å²) in [5.41, 5.74) is 0. The highest BCUT2D eigenvalue weighted by Gasteiger charge is 1.96. The zero-order chi connectivity index (χ0) is 7.11. The molecule has 0 radical (unpaired) electrons. The van der Waals surface area contributed by atoms with E-state index in [2.05, 4.69) is 14.7 Å². The van der Waals surface area contributed by atoms with E-state index in [1.807, 2.05) is 0 Å². The number of aliphatic imine (C=N–C) groups is 2. The minimum absolute atomic E-state index is 1.08. The van der Waals surface area contributed by atoms with Gasteiger partial charge in [0.25, 0.3) is 6.35 Å². The van der Waals surface area contributed by atoms with Gasteiger partial charge in [-0.2, -0.15) is 0 Å². The van der Waals surface area contributed by atoms with Gasteiger partial charge in [-0.1, -0.05) is 0 Å². The average Bonchev–Trinajstić information content (AvgIpc) is 1.88. The van der Waals surface area contributed by atoms with Crippen molar-refractivity contribution in [2.45, 2.75) is 6.35 Å². The van der Waals surface area contributed by atoms with E-state index in [0.717, 1.165) is 0 Å². The van der Waals surface area contributed by atoms with Gasteiger partial charge in [0.1, 0.15) is 0 Å². The molecule has 9 heavy (non-hydrogen) atoms. The predicted molar refractivity (Wildman–Crippen MR) is 27.0 cm³/mol. The van der Waals surface area contributed by atoms with E-state index in [9.17, 15) is 9.59 Å². The summed E-state index contributed by atoms with van der Waals surface area (Å²) in [6, 6.07) is 0. The maximum absolute atomic E-state index is 9.49. The highest BCUT2D eigenvalue weighted by Crippen LogP contribution is 1.88. The van der Waals surface area contributed by atoms with Crippen LogP contribution < -0.4 is 0 Å². The van der Waals surface area contributed by atoms with Crippen LogP contribution in [0.25, 0.3) is 0 Å². The van der Waals surface area contributed by atoms with E-state index in [1.165, 1.54) is 19.3 Å². The number of hydrogen-bond donors (Lipinski definition) is 0. The number of rotatable bonds is 3. The molecule has 0 aromatic rings. The first-order valence-corrected chi connectivity index (χ1v) is 2.02. The van der Waals surface area contributed by atoms with Crippen molar-refractivity contribution < 1.29 is 14.3 Å². The fourth-order valence-electron chi connectivity index (χ4n) is 0.224. The quantitative estimate of drug-likeness (QED) is 0.383. The van der Waals surface area contributed by atoms with Crippen LogP contribution in [0.5, 0.6) is 0 Å². The van der Waals surface area contributed by atoms with Crippen LogP contribution in [-0.4, -0.2) is 25.6 Å². The Kier molecular flexibility index (Phi) is 4.18. The number of ether oxygens (including phenoxy) is 1. The number of carbonyl (C=O) groups excluding carboxylic acids is 2. The van der Waals surface area contributed by atoms with Crippen molar-refractivity contribution >= 4 is 12.2 Å². The zero-order valence-corrected chi connectivity index (χ0v) is 4.70. The fraction of sp³-hybridized carbons (Fsp3) is 0.500. The zero-order valence-electron chi connectivity index (χ0n) is 4.70. The monoisotopic (exact) mass is 128 g/mol. The Balaban J connectivity index is 3.97. The number of hydrogen-bond acceptors (Lipinski definition) is 5. The molecular weight excluding hydrogens is 124 g/mol. The molecule has 5 nitrogen and oxygen atoms in total. The summed E-state index contributed by atoms with van der Waals surface area (Å²) >= 11 is 0. The first-order chi connectivity index (χ1) is 4.35. The highest BCUT2D eigenvalue weighted by molar-refractivity contribution is 5.36. The summed E-state index contributed by atoms with van der Waals surface area (Å²) < 4.78 is 4.37. The van der Waals surface area contributed by atoms with Gasteiger partial charge in [0.05, 0.1) is 0 Å². The van der Waals surface area contributed by atoms with Gasteiger partial charge in [0.15, 0.2) is 0 Å². The van der Waals surface area contributed by atoms with Crippen molar-refractivity contribution in [3.8, 4) is 0 Å². The van der Waals surface area contributed by atoms with Crippen LogP contribution in [0.15, 0.2) is 9.98 Å². The standard InChI is InChI=1S/C4H4N2O3/c1-9-4(5-2-7)6-3-8/h4H,1H3. The van der Waals surface area contributed by atoms with E-state index in [0.29, 0.717) is 0 Å². The molecule has 0 unspecified atom stereocenters. The second kappa shape index (κ2) is 4.87. The molecular formula is C4H4N2O3. The minimum atomic E-state index is -1.08. The van der Waals surface area contributed by atoms with Crippen LogP contribution in [0, 0.1) is 0 Å². The Labute approximate surface area is 51.1 Å². The fourth-order valence-corrected chi connectivity index (χ4v) is 0.224. The predicted octanol–water partition coefficient (Wildman–Crippen LogP) is -0.412.